The van der Waals surface area contributed by atoms with Crippen LogP contribution in [-0.4, -0.2) is 20.7 Å². The zero-order valence-corrected chi connectivity index (χ0v) is 14.5. The van der Waals surface area contributed by atoms with Crippen molar-refractivity contribution < 1.29 is 18.8 Å². The van der Waals surface area contributed by atoms with Gasteiger partial charge in [-0.25, -0.2) is 9.37 Å². The lowest BCUT2D eigenvalue weighted by atomic mass is 10.1. The fraction of sp³-hybridized carbons (Fsp3) is 0.105. The van der Waals surface area contributed by atoms with Gasteiger partial charge in [-0.2, -0.15) is 4.98 Å². The van der Waals surface area contributed by atoms with Gasteiger partial charge in [0.2, 0.25) is 5.88 Å². The zero-order valence-electron chi connectivity index (χ0n) is 14.5. The molecule has 2 aromatic carbocycles. The van der Waals surface area contributed by atoms with Crippen LogP contribution in [-0.2, 0) is 0 Å². The summed E-state index contributed by atoms with van der Waals surface area (Å²) in [4.78, 5) is 30.3. The second kappa shape index (κ2) is 7.28. The van der Waals surface area contributed by atoms with Crippen molar-refractivity contribution in [2.24, 2.45) is 0 Å². The fourth-order valence-electron chi connectivity index (χ4n) is 2.45. The highest BCUT2D eigenvalue weighted by Gasteiger charge is 2.13. The summed E-state index contributed by atoms with van der Waals surface area (Å²) < 4.78 is 19.5. The standard InChI is InChI=1S/C19H14FN3O4/c1-11-8-18(27-15-6-7-16(12(2)24)17(20)10-15)22-19(21-11)13-4-3-5-14(9-13)23(25)26/h3-10H,1-2H3. The SMILES string of the molecule is CC(=O)c1ccc(Oc2cc(C)nc(-c3cccc([N+](=O)[O-])c3)n2)cc1F. The maximum absolute atomic E-state index is 13.9. The van der Waals surface area contributed by atoms with Gasteiger partial charge in [-0.15, -0.1) is 0 Å². The van der Waals surface area contributed by atoms with E-state index in [4.69, 9.17) is 4.74 Å². The number of non-ortho nitro benzene ring substituents is 1. The van der Waals surface area contributed by atoms with E-state index in [0.29, 0.717) is 11.3 Å². The van der Waals surface area contributed by atoms with Gasteiger partial charge >= 0.3 is 0 Å². The molecule has 136 valence electrons. The van der Waals surface area contributed by atoms with Crippen LogP contribution in [0.3, 0.4) is 0 Å². The van der Waals surface area contributed by atoms with Crippen molar-refractivity contribution in [3.8, 4) is 23.0 Å². The first kappa shape index (κ1) is 18.1. The summed E-state index contributed by atoms with van der Waals surface area (Å²) in [5, 5.41) is 10.9. The predicted octanol–water partition coefficient (Wildman–Crippen LogP) is 4.49. The third kappa shape index (κ3) is 4.12. The van der Waals surface area contributed by atoms with E-state index in [1.54, 1.807) is 19.1 Å². The van der Waals surface area contributed by atoms with Gasteiger partial charge in [-0.1, -0.05) is 12.1 Å². The summed E-state index contributed by atoms with van der Waals surface area (Å²) in [7, 11) is 0. The Labute approximate surface area is 153 Å². The van der Waals surface area contributed by atoms with Crippen LogP contribution < -0.4 is 4.74 Å². The van der Waals surface area contributed by atoms with Crippen molar-refractivity contribution >= 4 is 11.5 Å². The molecule has 3 rings (SSSR count). The first-order chi connectivity index (χ1) is 12.8. The van der Waals surface area contributed by atoms with Crippen molar-refractivity contribution in [3.05, 3.63) is 75.7 Å². The van der Waals surface area contributed by atoms with E-state index in [-0.39, 0.29) is 34.5 Å². The molecule has 0 amide bonds. The molecule has 0 aliphatic carbocycles. The molecular formula is C19H14FN3O4. The van der Waals surface area contributed by atoms with Gasteiger partial charge in [0.1, 0.15) is 11.6 Å². The number of carbonyl (C=O) groups excluding carboxylic acids is 1. The van der Waals surface area contributed by atoms with E-state index < -0.39 is 10.7 Å². The zero-order chi connectivity index (χ0) is 19.6. The highest BCUT2D eigenvalue weighted by molar-refractivity contribution is 5.94. The molecule has 8 heteroatoms. The van der Waals surface area contributed by atoms with Gasteiger partial charge in [0.25, 0.3) is 5.69 Å². The molecule has 0 atom stereocenters. The highest BCUT2D eigenvalue weighted by Crippen LogP contribution is 2.26. The molecule has 1 heterocycles. The molecule has 0 saturated heterocycles. The Morgan fingerprint density at radius 2 is 1.93 bits per heavy atom. The molecule has 7 nitrogen and oxygen atoms in total. The van der Waals surface area contributed by atoms with Crippen LogP contribution in [0.2, 0.25) is 0 Å². The molecule has 0 N–H and O–H groups in total. The number of aryl methyl sites for hydroxylation is 1. The Kier molecular flexibility index (Phi) is 4.89. The van der Waals surface area contributed by atoms with Gasteiger partial charge in [-0.3, -0.25) is 14.9 Å². The number of nitro groups is 1. The van der Waals surface area contributed by atoms with Crippen LogP contribution in [0, 0.1) is 22.9 Å². The number of ketones is 1. The first-order valence-corrected chi connectivity index (χ1v) is 7.92. The third-order valence-corrected chi connectivity index (χ3v) is 3.69. The molecule has 0 spiro atoms. The third-order valence-electron chi connectivity index (χ3n) is 3.69. The average Bonchev–Trinajstić information content (AvgIpc) is 2.61. The largest absolute Gasteiger partial charge is 0.439 e. The number of halogens is 1. The summed E-state index contributed by atoms with van der Waals surface area (Å²) in [6.45, 7) is 2.99. The molecule has 3 aromatic rings. The maximum atomic E-state index is 13.9. The van der Waals surface area contributed by atoms with Crippen molar-refractivity contribution in [1.82, 2.24) is 9.97 Å². The molecule has 0 radical (unpaired) electrons. The first-order valence-electron chi connectivity index (χ1n) is 7.92. The number of hydrogen-bond acceptors (Lipinski definition) is 6. The average molecular weight is 367 g/mol. The van der Waals surface area contributed by atoms with E-state index in [1.165, 1.54) is 37.3 Å². The molecule has 0 fully saturated rings. The number of benzene rings is 2. The monoisotopic (exact) mass is 367 g/mol. The van der Waals surface area contributed by atoms with Crippen LogP contribution in [0.1, 0.15) is 23.0 Å². The maximum Gasteiger partial charge on any atom is 0.270 e. The van der Waals surface area contributed by atoms with Crippen LogP contribution in [0.5, 0.6) is 11.6 Å². The molecule has 1 aromatic heterocycles. The van der Waals surface area contributed by atoms with E-state index in [2.05, 4.69) is 9.97 Å². The number of rotatable bonds is 5. The van der Waals surface area contributed by atoms with Crippen LogP contribution in [0.15, 0.2) is 48.5 Å². The summed E-state index contributed by atoms with van der Waals surface area (Å²) >= 11 is 0. The minimum atomic E-state index is -0.690. The molecule has 0 saturated carbocycles. The number of Topliss-reactive ketones (excluding diaryl/α,β-unsaturated/α-hetero) is 1. The molecule has 0 aliphatic rings. The Bertz CT molecular complexity index is 1050. The number of ether oxygens (including phenoxy) is 1. The Balaban J connectivity index is 1.94. The van der Waals surface area contributed by atoms with E-state index >= 15 is 0 Å². The van der Waals surface area contributed by atoms with E-state index in [9.17, 15) is 19.3 Å². The Morgan fingerprint density at radius 3 is 2.59 bits per heavy atom. The minimum Gasteiger partial charge on any atom is -0.439 e. The van der Waals surface area contributed by atoms with Crippen LogP contribution in [0.4, 0.5) is 10.1 Å². The normalized spacial score (nSPS) is 10.5. The number of aromatic nitrogens is 2. The van der Waals surface area contributed by atoms with Gasteiger partial charge < -0.3 is 4.74 Å². The lowest BCUT2D eigenvalue weighted by Crippen LogP contribution is -1.99. The van der Waals surface area contributed by atoms with Crippen molar-refractivity contribution in [2.75, 3.05) is 0 Å². The summed E-state index contributed by atoms with van der Waals surface area (Å²) in [5.74, 6) is -0.510. The van der Waals surface area contributed by atoms with Gasteiger partial charge in [-0.05, 0) is 26.0 Å². The molecule has 0 unspecified atom stereocenters. The topological polar surface area (TPSA) is 95.2 Å². The predicted molar refractivity (Wildman–Crippen MR) is 95.3 cm³/mol. The summed E-state index contributed by atoms with van der Waals surface area (Å²) in [6.07, 6.45) is 0. The van der Waals surface area contributed by atoms with E-state index in [0.717, 1.165) is 6.07 Å². The summed E-state index contributed by atoms with van der Waals surface area (Å²) in [5.41, 5.74) is 0.915. The van der Waals surface area contributed by atoms with Gasteiger partial charge in [0, 0.05) is 35.5 Å². The van der Waals surface area contributed by atoms with Gasteiger partial charge in [0.15, 0.2) is 11.6 Å². The Morgan fingerprint density at radius 1 is 1.15 bits per heavy atom. The lowest BCUT2D eigenvalue weighted by molar-refractivity contribution is -0.384. The van der Waals surface area contributed by atoms with Crippen molar-refractivity contribution in [1.29, 1.82) is 0 Å². The minimum absolute atomic E-state index is 0.0292. The number of nitro benzene ring substituents is 1. The number of nitrogens with zero attached hydrogens (tertiary/aromatic N) is 3. The van der Waals surface area contributed by atoms with E-state index in [1.807, 2.05) is 0 Å². The van der Waals surface area contributed by atoms with Crippen molar-refractivity contribution in [2.45, 2.75) is 13.8 Å². The van der Waals surface area contributed by atoms with Gasteiger partial charge in [0.05, 0.1) is 10.5 Å². The second-order valence-corrected chi connectivity index (χ2v) is 5.78. The quantitative estimate of drug-likeness (QED) is 0.374. The fourth-order valence-corrected chi connectivity index (χ4v) is 2.45. The Hall–Kier alpha value is -3.68. The smallest absolute Gasteiger partial charge is 0.270 e. The number of hydrogen-bond donors (Lipinski definition) is 0. The lowest BCUT2D eigenvalue weighted by Gasteiger charge is -2.09. The molecule has 0 bridgehead atoms. The second-order valence-electron chi connectivity index (χ2n) is 5.78. The van der Waals surface area contributed by atoms with Crippen molar-refractivity contribution in [3.63, 3.8) is 0 Å². The van der Waals surface area contributed by atoms with Crippen LogP contribution >= 0.6 is 0 Å². The van der Waals surface area contributed by atoms with Crippen LogP contribution in [0.25, 0.3) is 11.4 Å². The molecular weight excluding hydrogens is 353 g/mol. The molecule has 0 aliphatic heterocycles. The summed E-state index contributed by atoms with van der Waals surface area (Å²) in [6, 6.07) is 11.4. The highest BCUT2D eigenvalue weighted by atomic mass is 19.1. The molecule has 27 heavy (non-hydrogen) atoms. The number of carbonyl (C=O) groups is 1.